The van der Waals surface area contributed by atoms with Crippen LogP contribution in [0.15, 0.2) is 53.3 Å². The van der Waals surface area contributed by atoms with E-state index in [-0.39, 0.29) is 17.0 Å². The van der Waals surface area contributed by atoms with Gasteiger partial charge < -0.3 is 15.2 Å². The number of hydrogen-bond donors (Lipinski definition) is 2. The van der Waals surface area contributed by atoms with E-state index in [0.717, 1.165) is 0 Å². The van der Waals surface area contributed by atoms with Gasteiger partial charge in [-0.25, -0.2) is 0 Å². The van der Waals surface area contributed by atoms with E-state index in [1.807, 2.05) is 0 Å². The molecular weight excluding hydrogens is 344 g/mol. The third kappa shape index (κ3) is 4.21. The van der Waals surface area contributed by atoms with Crippen LogP contribution in [0.25, 0.3) is 0 Å². The lowest BCUT2D eigenvalue weighted by Gasteiger charge is -2.06. The smallest absolute Gasteiger partial charge is 0.258 e. The second kappa shape index (κ2) is 7.14. The maximum Gasteiger partial charge on any atom is 0.258 e. The summed E-state index contributed by atoms with van der Waals surface area (Å²) >= 11 is 5.81. The molecule has 8 heteroatoms. The normalized spacial score (nSPS) is 10.3. The van der Waals surface area contributed by atoms with E-state index < -0.39 is 5.91 Å². The third-order valence-electron chi connectivity index (χ3n) is 3.23. The number of aromatic nitrogens is 2. The van der Waals surface area contributed by atoms with E-state index >= 15 is 0 Å². The van der Waals surface area contributed by atoms with E-state index in [1.54, 1.807) is 37.3 Å². The molecule has 7 nitrogen and oxygen atoms in total. The van der Waals surface area contributed by atoms with Gasteiger partial charge in [0.15, 0.2) is 5.82 Å². The van der Waals surface area contributed by atoms with Crippen LogP contribution in [0.5, 0.6) is 0 Å². The zero-order valence-corrected chi connectivity index (χ0v) is 13.9. The molecule has 3 rings (SSSR count). The number of rotatable bonds is 4. The minimum absolute atomic E-state index is 0.226. The molecule has 1 aromatic carbocycles. The van der Waals surface area contributed by atoms with Crippen LogP contribution < -0.4 is 10.6 Å². The molecular formula is C17H13ClN4O3. The van der Waals surface area contributed by atoms with Crippen LogP contribution in [0, 0.1) is 6.92 Å². The lowest BCUT2D eigenvalue weighted by molar-refractivity contribution is 0.102. The lowest BCUT2D eigenvalue weighted by atomic mass is 10.2. The van der Waals surface area contributed by atoms with Crippen molar-refractivity contribution in [1.29, 1.82) is 0 Å². The highest BCUT2D eigenvalue weighted by Gasteiger charge is 2.13. The fourth-order valence-electron chi connectivity index (χ4n) is 2.04. The molecule has 0 radical (unpaired) electrons. The Morgan fingerprint density at radius 2 is 1.64 bits per heavy atom. The van der Waals surface area contributed by atoms with Crippen LogP contribution in [-0.4, -0.2) is 22.0 Å². The zero-order chi connectivity index (χ0) is 17.8. The summed E-state index contributed by atoms with van der Waals surface area (Å²) in [5, 5.41) is 9.53. The summed E-state index contributed by atoms with van der Waals surface area (Å²) in [5.74, 6) is 0.0340. The summed E-state index contributed by atoms with van der Waals surface area (Å²) in [6.07, 6.45) is 2.74. The van der Waals surface area contributed by atoms with Crippen LogP contribution in [0.1, 0.15) is 26.5 Å². The molecule has 0 saturated carbocycles. The van der Waals surface area contributed by atoms with E-state index in [0.29, 0.717) is 22.3 Å². The van der Waals surface area contributed by atoms with Crippen molar-refractivity contribution in [3.05, 3.63) is 70.7 Å². The molecule has 2 heterocycles. The van der Waals surface area contributed by atoms with Crippen molar-refractivity contribution in [2.45, 2.75) is 6.92 Å². The van der Waals surface area contributed by atoms with Gasteiger partial charge in [0.1, 0.15) is 5.76 Å². The number of carbonyl (C=O) groups excluding carboxylic acids is 2. The Morgan fingerprint density at radius 1 is 1.00 bits per heavy atom. The van der Waals surface area contributed by atoms with Crippen molar-refractivity contribution in [3.8, 4) is 0 Å². The molecule has 0 saturated heterocycles. The topological polar surface area (TPSA) is 97.1 Å². The minimum Gasteiger partial charge on any atom is -0.360 e. The predicted octanol–water partition coefficient (Wildman–Crippen LogP) is 3.54. The number of nitrogens with one attached hydrogen (secondary N) is 2. The summed E-state index contributed by atoms with van der Waals surface area (Å²) in [5.41, 5.74) is 1.06. The van der Waals surface area contributed by atoms with Crippen molar-refractivity contribution < 1.29 is 14.1 Å². The van der Waals surface area contributed by atoms with Crippen LogP contribution >= 0.6 is 11.6 Å². The molecule has 0 aliphatic carbocycles. The number of hydrogen-bond acceptors (Lipinski definition) is 5. The average Bonchev–Trinajstić information content (AvgIpc) is 3.02. The van der Waals surface area contributed by atoms with Gasteiger partial charge in [0.05, 0.1) is 11.1 Å². The van der Waals surface area contributed by atoms with Crippen molar-refractivity contribution in [2.24, 2.45) is 0 Å². The van der Waals surface area contributed by atoms with Gasteiger partial charge in [-0.1, -0.05) is 16.8 Å². The fourth-order valence-corrected chi connectivity index (χ4v) is 2.16. The maximum absolute atomic E-state index is 12.3. The van der Waals surface area contributed by atoms with Gasteiger partial charge >= 0.3 is 0 Å². The van der Waals surface area contributed by atoms with E-state index in [4.69, 9.17) is 16.1 Å². The molecule has 2 amide bonds. The molecule has 3 aromatic rings. The molecule has 0 atom stereocenters. The van der Waals surface area contributed by atoms with E-state index in [2.05, 4.69) is 20.8 Å². The molecule has 2 N–H and O–H groups in total. The standard InChI is InChI=1S/C17H13ClN4O3/c1-10-6-15(22-25-10)21-17(24)12-7-11(8-19-9-12)16(23)20-14-4-2-13(18)3-5-14/h2-9H,1H3,(H,20,23)(H,21,22,24). The van der Waals surface area contributed by atoms with Gasteiger partial charge in [0, 0.05) is 29.2 Å². The number of nitrogens with zero attached hydrogens (tertiary/aromatic N) is 2. The summed E-state index contributed by atoms with van der Waals surface area (Å²) in [4.78, 5) is 28.4. The molecule has 0 aliphatic heterocycles. The average molecular weight is 357 g/mol. The van der Waals surface area contributed by atoms with Crippen LogP contribution in [0.4, 0.5) is 11.5 Å². The van der Waals surface area contributed by atoms with Gasteiger partial charge in [-0.15, -0.1) is 0 Å². The van der Waals surface area contributed by atoms with Crippen molar-refractivity contribution in [2.75, 3.05) is 10.6 Å². The number of anilines is 2. The summed E-state index contributed by atoms with van der Waals surface area (Å²) in [6.45, 7) is 1.71. The summed E-state index contributed by atoms with van der Waals surface area (Å²) in [6, 6.07) is 9.72. The minimum atomic E-state index is -0.443. The van der Waals surface area contributed by atoms with Crippen LogP contribution in [-0.2, 0) is 0 Å². The quantitative estimate of drug-likeness (QED) is 0.745. The first-order valence-electron chi connectivity index (χ1n) is 7.28. The number of carbonyl (C=O) groups is 2. The Bertz CT molecular complexity index is 922. The lowest BCUT2D eigenvalue weighted by Crippen LogP contribution is -2.16. The Hall–Kier alpha value is -3.19. The first kappa shape index (κ1) is 16.7. The Morgan fingerprint density at radius 3 is 2.24 bits per heavy atom. The van der Waals surface area contributed by atoms with Gasteiger partial charge in [-0.2, -0.15) is 0 Å². The molecule has 2 aromatic heterocycles. The van der Waals surface area contributed by atoms with Crippen molar-refractivity contribution in [1.82, 2.24) is 10.1 Å². The molecule has 0 spiro atoms. The number of benzene rings is 1. The molecule has 0 unspecified atom stereocenters. The highest BCUT2D eigenvalue weighted by Crippen LogP contribution is 2.15. The van der Waals surface area contributed by atoms with Crippen LogP contribution in [0.2, 0.25) is 5.02 Å². The SMILES string of the molecule is Cc1cc(NC(=O)c2cncc(C(=O)Nc3ccc(Cl)cc3)c2)no1. The van der Waals surface area contributed by atoms with Gasteiger partial charge in [0.25, 0.3) is 11.8 Å². The summed E-state index contributed by atoms with van der Waals surface area (Å²) < 4.78 is 4.88. The van der Waals surface area contributed by atoms with Gasteiger partial charge in [-0.3, -0.25) is 14.6 Å². The molecule has 126 valence electrons. The highest BCUT2D eigenvalue weighted by atomic mass is 35.5. The van der Waals surface area contributed by atoms with Gasteiger partial charge in [0.2, 0.25) is 0 Å². The van der Waals surface area contributed by atoms with Crippen molar-refractivity contribution >= 4 is 34.9 Å². The Kier molecular flexibility index (Phi) is 4.76. The second-order valence-corrected chi connectivity index (χ2v) is 5.64. The van der Waals surface area contributed by atoms with E-state index in [1.165, 1.54) is 18.5 Å². The first-order chi connectivity index (χ1) is 12.0. The Balaban J connectivity index is 1.72. The zero-order valence-electron chi connectivity index (χ0n) is 13.1. The fraction of sp³-hybridized carbons (Fsp3) is 0.0588. The van der Waals surface area contributed by atoms with Crippen molar-refractivity contribution in [3.63, 3.8) is 0 Å². The number of amides is 2. The predicted molar refractivity (Wildman–Crippen MR) is 92.8 cm³/mol. The molecule has 0 fully saturated rings. The van der Waals surface area contributed by atoms with Crippen LogP contribution in [0.3, 0.4) is 0 Å². The third-order valence-corrected chi connectivity index (χ3v) is 3.49. The number of aryl methyl sites for hydroxylation is 1. The molecule has 25 heavy (non-hydrogen) atoms. The monoisotopic (exact) mass is 356 g/mol. The summed E-state index contributed by atoms with van der Waals surface area (Å²) in [7, 11) is 0. The number of halogens is 1. The second-order valence-electron chi connectivity index (χ2n) is 5.20. The Labute approximate surface area is 148 Å². The van der Waals surface area contributed by atoms with Gasteiger partial charge in [-0.05, 0) is 37.3 Å². The van der Waals surface area contributed by atoms with E-state index in [9.17, 15) is 9.59 Å². The largest absolute Gasteiger partial charge is 0.360 e. The first-order valence-corrected chi connectivity index (χ1v) is 7.66. The number of pyridine rings is 1. The molecule has 0 bridgehead atoms. The maximum atomic E-state index is 12.3. The highest BCUT2D eigenvalue weighted by molar-refractivity contribution is 6.30. The molecule has 0 aliphatic rings.